The molecule has 0 saturated carbocycles. The molecule has 34 heavy (non-hydrogen) atoms. The SMILES string of the molecule is COc1cc(/C=C2/C(C)=C(CCC(=O)Cc3ccccc3)c3cc(F)ccc32)cc(OC)c1O. The molecule has 1 N–H and O–H groups in total. The van der Waals surface area contributed by atoms with E-state index in [2.05, 4.69) is 0 Å². The van der Waals surface area contributed by atoms with Crippen LogP contribution >= 0.6 is 0 Å². The minimum Gasteiger partial charge on any atom is -0.502 e. The zero-order chi connectivity index (χ0) is 24.2. The number of phenolic OH excluding ortho intramolecular Hbond substituents is 1. The Kier molecular flexibility index (Phi) is 6.82. The first-order valence-corrected chi connectivity index (χ1v) is 11.1. The monoisotopic (exact) mass is 458 g/mol. The van der Waals surface area contributed by atoms with Crippen molar-refractivity contribution in [1.29, 1.82) is 0 Å². The summed E-state index contributed by atoms with van der Waals surface area (Å²) in [6.45, 7) is 2.00. The van der Waals surface area contributed by atoms with E-state index in [1.54, 1.807) is 18.2 Å². The Morgan fingerprint density at radius 3 is 2.29 bits per heavy atom. The van der Waals surface area contributed by atoms with E-state index in [0.29, 0.717) is 30.8 Å². The van der Waals surface area contributed by atoms with Crippen molar-refractivity contribution in [2.24, 2.45) is 0 Å². The summed E-state index contributed by atoms with van der Waals surface area (Å²) in [5.41, 5.74) is 6.41. The topological polar surface area (TPSA) is 55.8 Å². The molecule has 0 unspecified atom stereocenters. The molecule has 0 spiro atoms. The predicted octanol–water partition coefficient (Wildman–Crippen LogP) is 6.47. The quantitative estimate of drug-likeness (QED) is 0.420. The summed E-state index contributed by atoms with van der Waals surface area (Å²) < 4.78 is 24.7. The molecule has 0 fully saturated rings. The van der Waals surface area contributed by atoms with Gasteiger partial charge in [0.1, 0.15) is 11.6 Å². The number of halogens is 1. The average molecular weight is 459 g/mol. The Bertz CT molecular complexity index is 1260. The number of Topliss-reactive ketones (excluding diaryl/α,β-unsaturated/α-hetero) is 1. The lowest BCUT2D eigenvalue weighted by molar-refractivity contribution is -0.118. The van der Waals surface area contributed by atoms with Crippen LogP contribution in [-0.2, 0) is 11.2 Å². The van der Waals surface area contributed by atoms with Gasteiger partial charge in [0.15, 0.2) is 11.5 Å². The molecule has 0 aliphatic heterocycles. The van der Waals surface area contributed by atoms with E-state index < -0.39 is 0 Å². The molecule has 0 atom stereocenters. The van der Waals surface area contributed by atoms with Crippen molar-refractivity contribution in [3.8, 4) is 17.2 Å². The summed E-state index contributed by atoms with van der Waals surface area (Å²) in [5.74, 6) is 0.378. The fourth-order valence-electron chi connectivity index (χ4n) is 4.42. The fourth-order valence-corrected chi connectivity index (χ4v) is 4.42. The maximum absolute atomic E-state index is 14.2. The van der Waals surface area contributed by atoms with Crippen molar-refractivity contribution >= 4 is 23.0 Å². The highest BCUT2D eigenvalue weighted by atomic mass is 19.1. The number of phenols is 1. The van der Waals surface area contributed by atoms with Crippen LogP contribution in [0.5, 0.6) is 17.2 Å². The molecule has 0 radical (unpaired) electrons. The molecule has 0 bridgehead atoms. The number of fused-ring (bicyclic) bond motifs is 1. The third-order valence-corrected chi connectivity index (χ3v) is 6.16. The minimum atomic E-state index is -0.311. The first-order valence-electron chi connectivity index (χ1n) is 11.1. The van der Waals surface area contributed by atoms with Gasteiger partial charge in [0.05, 0.1) is 14.2 Å². The van der Waals surface area contributed by atoms with Crippen LogP contribution in [0.2, 0.25) is 0 Å². The molecular weight excluding hydrogens is 431 g/mol. The van der Waals surface area contributed by atoms with Gasteiger partial charge in [-0.15, -0.1) is 0 Å². The molecule has 4 rings (SSSR count). The summed E-state index contributed by atoms with van der Waals surface area (Å²) in [6.07, 6.45) is 3.27. The van der Waals surface area contributed by atoms with Gasteiger partial charge in [-0.25, -0.2) is 4.39 Å². The molecule has 5 heteroatoms. The third-order valence-electron chi connectivity index (χ3n) is 6.16. The van der Waals surface area contributed by atoms with Gasteiger partial charge in [-0.1, -0.05) is 36.4 Å². The standard InChI is InChI=1S/C29H27FO4/c1-18-23(12-10-22(31)13-19-7-5-4-6-8-19)26-17-21(30)9-11-24(26)25(18)14-20-15-27(33-2)29(32)28(16-20)34-3/h4-9,11,14-17,32H,10,12-13H2,1-3H3/b25-14-. The van der Waals surface area contributed by atoms with E-state index in [-0.39, 0.29) is 17.3 Å². The van der Waals surface area contributed by atoms with Gasteiger partial charge in [-0.3, -0.25) is 4.79 Å². The molecule has 174 valence electrons. The van der Waals surface area contributed by atoms with Crippen LogP contribution in [0.3, 0.4) is 0 Å². The number of hydrogen-bond acceptors (Lipinski definition) is 4. The van der Waals surface area contributed by atoms with Gasteiger partial charge in [-0.2, -0.15) is 0 Å². The highest BCUT2D eigenvalue weighted by Gasteiger charge is 2.25. The second kappa shape index (κ2) is 9.96. The van der Waals surface area contributed by atoms with Crippen LogP contribution in [0.1, 0.15) is 42.0 Å². The van der Waals surface area contributed by atoms with Crippen LogP contribution in [-0.4, -0.2) is 25.1 Å². The Hall–Kier alpha value is -3.86. The smallest absolute Gasteiger partial charge is 0.200 e. The van der Waals surface area contributed by atoms with Gasteiger partial charge < -0.3 is 14.6 Å². The average Bonchev–Trinajstić information content (AvgIpc) is 3.09. The van der Waals surface area contributed by atoms with Crippen molar-refractivity contribution in [3.63, 3.8) is 0 Å². The highest BCUT2D eigenvalue weighted by Crippen LogP contribution is 2.45. The normalized spacial score (nSPS) is 13.8. The predicted molar refractivity (Wildman–Crippen MR) is 132 cm³/mol. The molecule has 3 aromatic carbocycles. The number of ether oxygens (including phenoxy) is 2. The summed E-state index contributed by atoms with van der Waals surface area (Å²) in [5, 5.41) is 10.2. The minimum absolute atomic E-state index is 0.0640. The van der Waals surface area contributed by atoms with Crippen molar-refractivity contribution in [1.82, 2.24) is 0 Å². The molecule has 0 aromatic heterocycles. The van der Waals surface area contributed by atoms with E-state index in [1.807, 2.05) is 43.3 Å². The Balaban J connectivity index is 1.67. The van der Waals surface area contributed by atoms with E-state index >= 15 is 0 Å². The van der Waals surface area contributed by atoms with Gasteiger partial charge >= 0.3 is 0 Å². The number of carbonyl (C=O) groups excluding carboxylic acids is 1. The van der Waals surface area contributed by atoms with Gasteiger partial charge in [0.2, 0.25) is 5.75 Å². The van der Waals surface area contributed by atoms with Crippen LogP contribution in [0, 0.1) is 5.82 Å². The Morgan fingerprint density at radius 1 is 0.971 bits per heavy atom. The molecule has 0 heterocycles. The van der Waals surface area contributed by atoms with Crippen LogP contribution in [0.25, 0.3) is 17.2 Å². The van der Waals surface area contributed by atoms with Crippen LogP contribution in [0.15, 0.2) is 66.2 Å². The zero-order valence-electron chi connectivity index (χ0n) is 19.5. The second-order valence-corrected chi connectivity index (χ2v) is 8.33. The number of ketones is 1. The van der Waals surface area contributed by atoms with Crippen molar-refractivity contribution in [3.05, 3.63) is 94.3 Å². The molecule has 1 aliphatic rings. The lowest BCUT2D eigenvalue weighted by atomic mass is 9.97. The van der Waals surface area contributed by atoms with Gasteiger partial charge in [0, 0.05) is 12.8 Å². The largest absolute Gasteiger partial charge is 0.502 e. The number of carbonyl (C=O) groups is 1. The van der Waals surface area contributed by atoms with Gasteiger partial charge in [-0.05, 0) is 82.7 Å². The Morgan fingerprint density at radius 2 is 1.65 bits per heavy atom. The van der Waals surface area contributed by atoms with E-state index in [4.69, 9.17) is 9.47 Å². The highest BCUT2D eigenvalue weighted by molar-refractivity contribution is 6.05. The molecule has 3 aromatic rings. The van der Waals surface area contributed by atoms with Crippen molar-refractivity contribution < 1.29 is 23.8 Å². The molecule has 0 saturated heterocycles. The van der Waals surface area contributed by atoms with Gasteiger partial charge in [0.25, 0.3) is 0 Å². The molecule has 4 nitrogen and oxygen atoms in total. The number of benzene rings is 3. The number of hydrogen-bond donors (Lipinski definition) is 1. The van der Waals surface area contributed by atoms with Crippen LogP contribution < -0.4 is 9.47 Å². The summed E-state index contributed by atoms with van der Waals surface area (Å²) in [7, 11) is 2.96. The number of aromatic hydroxyl groups is 1. The maximum atomic E-state index is 14.2. The lowest BCUT2D eigenvalue weighted by Gasteiger charge is -2.11. The second-order valence-electron chi connectivity index (χ2n) is 8.33. The Labute approximate surface area is 199 Å². The van der Waals surface area contributed by atoms with Crippen molar-refractivity contribution in [2.45, 2.75) is 26.2 Å². The lowest BCUT2D eigenvalue weighted by Crippen LogP contribution is -2.03. The number of rotatable bonds is 8. The van der Waals surface area contributed by atoms with E-state index in [0.717, 1.165) is 39.0 Å². The summed E-state index contributed by atoms with van der Waals surface area (Å²) in [6, 6.07) is 17.9. The third kappa shape index (κ3) is 4.74. The number of allylic oxidation sites excluding steroid dienone is 3. The summed E-state index contributed by atoms with van der Waals surface area (Å²) >= 11 is 0. The van der Waals surface area contributed by atoms with E-state index in [9.17, 15) is 14.3 Å². The molecule has 0 amide bonds. The molecular formula is C29H27FO4. The van der Waals surface area contributed by atoms with Crippen LogP contribution in [0.4, 0.5) is 4.39 Å². The number of methoxy groups -OCH3 is 2. The zero-order valence-corrected chi connectivity index (χ0v) is 19.5. The summed E-state index contributed by atoms with van der Waals surface area (Å²) in [4.78, 5) is 12.6. The first kappa shape index (κ1) is 23.3. The first-order chi connectivity index (χ1) is 16.4. The van der Waals surface area contributed by atoms with E-state index in [1.165, 1.54) is 26.4 Å². The molecule has 1 aliphatic carbocycles. The fraction of sp³-hybridized carbons (Fsp3) is 0.207. The maximum Gasteiger partial charge on any atom is 0.200 e. The van der Waals surface area contributed by atoms with Crippen molar-refractivity contribution in [2.75, 3.05) is 14.2 Å².